The van der Waals surface area contributed by atoms with Crippen molar-refractivity contribution in [3.8, 4) is 11.3 Å². The first kappa shape index (κ1) is 20.2. The molecule has 4 aromatic rings. The lowest BCUT2D eigenvalue weighted by Gasteiger charge is -2.26. The predicted octanol–water partition coefficient (Wildman–Crippen LogP) is 4.26. The first-order valence-corrected chi connectivity index (χ1v) is 10.2. The summed E-state index contributed by atoms with van der Waals surface area (Å²) in [6.45, 7) is 3.58. The van der Waals surface area contributed by atoms with Gasteiger partial charge in [-0.2, -0.15) is 0 Å². The van der Waals surface area contributed by atoms with Crippen LogP contribution in [0, 0.1) is 12.7 Å². The Morgan fingerprint density at radius 2 is 2.00 bits per heavy atom. The number of ether oxygens (including phenoxy) is 1. The second-order valence-electron chi connectivity index (χ2n) is 7.40. The van der Waals surface area contributed by atoms with Crippen LogP contribution in [-0.4, -0.2) is 20.3 Å². The fourth-order valence-electron chi connectivity index (χ4n) is 3.72. The summed E-state index contributed by atoms with van der Waals surface area (Å²) in [5.41, 5.74) is 11.5. The summed E-state index contributed by atoms with van der Waals surface area (Å²) >= 11 is 6.45. The third kappa shape index (κ3) is 3.22. The number of imidazole rings is 1. The molecule has 3 heterocycles. The van der Waals surface area contributed by atoms with Gasteiger partial charge in [0.25, 0.3) is 5.85 Å². The number of hydrogen-bond acceptors (Lipinski definition) is 7. The van der Waals surface area contributed by atoms with E-state index in [0.29, 0.717) is 39.5 Å². The third-order valence-corrected chi connectivity index (χ3v) is 5.52. The Morgan fingerprint density at radius 3 is 2.75 bits per heavy atom. The van der Waals surface area contributed by atoms with Crippen molar-refractivity contribution in [1.82, 2.24) is 19.8 Å². The van der Waals surface area contributed by atoms with E-state index in [1.807, 2.05) is 19.1 Å². The lowest BCUT2D eigenvalue weighted by molar-refractivity contribution is 0.0519. The van der Waals surface area contributed by atoms with Crippen molar-refractivity contribution in [2.75, 3.05) is 5.32 Å². The zero-order valence-electron chi connectivity index (χ0n) is 17.2. The van der Waals surface area contributed by atoms with E-state index in [1.165, 1.54) is 6.07 Å². The lowest BCUT2D eigenvalue weighted by atomic mass is 9.99. The van der Waals surface area contributed by atoms with Crippen LogP contribution in [0.15, 0.2) is 60.0 Å². The molecule has 0 spiro atoms. The van der Waals surface area contributed by atoms with Crippen molar-refractivity contribution in [3.63, 3.8) is 0 Å². The number of hydrazone groups is 1. The molecule has 1 aliphatic rings. The number of anilines is 2. The molecule has 0 amide bonds. The molecule has 0 aliphatic carbocycles. The molecule has 0 saturated heterocycles. The van der Waals surface area contributed by atoms with Crippen LogP contribution < -0.4 is 16.5 Å². The Kier molecular flexibility index (Phi) is 4.72. The van der Waals surface area contributed by atoms with E-state index < -0.39 is 11.7 Å². The average molecular weight is 452 g/mol. The minimum atomic E-state index is -1.55. The van der Waals surface area contributed by atoms with Gasteiger partial charge in [0.1, 0.15) is 17.3 Å². The van der Waals surface area contributed by atoms with Gasteiger partial charge in [0.15, 0.2) is 0 Å². The molecular weight excluding hydrogens is 433 g/mol. The van der Waals surface area contributed by atoms with E-state index in [0.717, 1.165) is 5.56 Å². The minimum absolute atomic E-state index is 0.158. The molecule has 0 fully saturated rings. The fraction of sp³-hybridized carbons (Fsp3) is 0.136. The van der Waals surface area contributed by atoms with Gasteiger partial charge in [-0.15, -0.1) is 5.10 Å². The second kappa shape index (κ2) is 7.47. The van der Waals surface area contributed by atoms with Gasteiger partial charge in [-0.3, -0.25) is 10.1 Å². The summed E-state index contributed by atoms with van der Waals surface area (Å²) in [5.74, 6) is -0.880. The number of aromatic nitrogens is 3. The van der Waals surface area contributed by atoms with Gasteiger partial charge in [0.2, 0.25) is 11.7 Å². The SMILES string of the molecule is CC1=NNC(N)(c2cccc(F)c2-c2nc3ncccn3c2Nc2c(C)cccc2Cl)O1. The Labute approximate surface area is 187 Å². The highest BCUT2D eigenvalue weighted by molar-refractivity contribution is 6.33. The molecule has 1 unspecified atom stereocenters. The predicted molar refractivity (Wildman–Crippen MR) is 121 cm³/mol. The van der Waals surface area contributed by atoms with E-state index in [9.17, 15) is 0 Å². The van der Waals surface area contributed by atoms with Crippen LogP contribution in [0.25, 0.3) is 17.0 Å². The van der Waals surface area contributed by atoms with Gasteiger partial charge in [-0.25, -0.2) is 19.8 Å². The molecule has 2 aromatic heterocycles. The van der Waals surface area contributed by atoms with Gasteiger partial charge in [-0.05, 0) is 30.7 Å². The Morgan fingerprint density at radius 1 is 1.19 bits per heavy atom. The van der Waals surface area contributed by atoms with Gasteiger partial charge in [0, 0.05) is 24.9 Å². The quantitative estimate of drug-likeness (QED) is 0.428. The molecule has 0 radical (unpaired) electrons. The molecule has 1 aliphatic heterocycles. The van der Waals surface area contributed by atoms with Crippen LogP contribution in [0.4, 0.5) is 15.9 Å². The Bertz CT molecular complexity index is 1370. The summed E-state index contributed by atoms with van der Waals surface area (Å²) < 4.78 is 22.8. The van der Waals surface area contributed by atoms with Crippen LogP contribution in [0.3, 0.4) is 0 Å². The van der Waals surface area contributed by atoms with Gasteiger partial charge in [0.05, 0.1) is 16.3 Å². The number of nitrogens with one attached hydrogen (secondary N) is 2. The van der Waals surface area contributed by atoms with Crippen LogP contribution in [0.5, 0.6) is 0 Å². The van der Waals surface area contributed by atoms with Gasteiger partial charge < -0.3 is 10.1 Å². The average Bonchev–Trinajstić information content (AvgIpc) is 3.31. The van der Waals surface area contributed by atoms with Crippen molar-refractivity contribution >= 4 is 34.8 Å². The van der Waals surface area contributed by atoms with E-state index >= 15 is 4.39 Å². The molecular formula is C22H19ClFN7O. The van der Waals surface area contributed by atoms with Gasteiger partial charge >= 0.3 is 0 Å². The zero-order valence-corrected chi connectivity index (χ0v) is 18.0. The number of benzene rings is 2. The molecule has 0 saturated carbocycles. The number of aryl methyl sites for hydroxylation is 1. The van der Waals surface area contributed by atoms with E-state index in [4.69, 9.17) is 22.1 Å². The standard InChI is InChI=1S/C22H19ClFN7O/c1-12-6-3-8-15(23)18(12)27-20-19(28-21-26-10-5-11-31(20)21)17-14(7-4-9-16(17)24)22(25)30-29-13(2)32-22/h3-11,27,30H,25H2,1-2H3. The van der Waals surface area contributed by atoms with E-state index in [2.05, 4.69) is 25.8 Å². The van der Waals surface area contributed by atoms with Gasteiger partial charge in [-0.1, -0.05) is 35.9 Å². The molecule has 4 N–H and O–H groups in total. The maximum atomic E-state index is 15.4. The van der Waals surface area contributed by atoms with Crippen LogP contribution in [-0.2, 0) is 10.6 Å². The largest absolute Gasteiger partial charge is 0.435 e. The van der Waals surface area contributed by atoms with Crippen molar-refractivity contribution in [3.05, 3.63) is 76.8 Å². The number of rotatable bonds is 4. The topological polar surface area (TPSA) is 102 Å². The van der Waals surface area contributed by atoms with Crippen LogP contribution >= 0.6 is 11.6 Å². The van der Waals surface area contributed by atoms with Crippen molar-refractivity contribution in [2.24, 2.45) is 10.8 Å². The van der Waals surface area contributed by atoms with Crippen molar-refractivity contribution in [2.45, 2.75) is 19.7 Å². The first-order valence-electron chi connectivity index (χ1n) is 9.81. The zero-order chi connectivity index (χ0) is 22.5. The van der Waals surface area contributed by atoms with Crippen LogP contribution in [0.1, 0.15) is 18.1 Å². The summed E-state index contributed by atoms with van der Waals surface area (Å²) in [5, 5.41) is 7.86. The van der Waals surface area contributed by atoms with E-state index in [-0.39, 0.29) is 5.56 Å². The Balaban J connectivity index is 1.76. The molecule has 32 heavy (non-hydrogen) atoms. The number of halogens is 2. The normalized spacial score (nSPS) is 17.7. The monoisotopic (exact) mass is 451 g/mol. The highest BCUT2D eigenvalue weighted by atomic mass is 35.5. The number of fused-ring (bicyclic) bond motifs is 1. The third-order valence-electron chi connectivity index (χ3n) is 5.21. The second-order valence-corrected chi connectivity index (χ2v) is 7.81. The number of nitrogens with two attached hydrogens (primary N) is 1. The highest BCUT2D eigenvalue weighted by Gasteiger charge is 2.39. The summed E-state index contributed by atoms with van der Waals surface area (Å²) in [4.78, 5) is 8.93. The fourth-order valence-corrected chi connectivity index (χ4v) is 3.99. The number of para-hydroxylation sites is 1. The first-order chi connectivity index (χ1) is 15.4. The van der Waals surface area contributed by atoms with Crippen molar-refractivity contribution in [1.29, 1.82) is 0 Å². The molecule has 0 bridgehead atoms. The molecule has 8 nitrogen and oxygen atoms in total. The maximum absolute atomic E-state index is 15.4. The number of nitrogens with zero attached hydrogens (tertiary/aromatic N) is 4. The van der Waals surface area contributed by atoms with Crippen LogP contribution in [0.2, 0.25) is 5.02 Å². The van der Waals surface area contributed by atoms with E-state index in [1.54, 1.807) is 48.0 Å². The lowest BCUT2D eigenvalue weighted by Crippen LogP contribution is -2.47. The van der Waals surface area contributed by atoms with Crippen molar-refractivity contribution < 1.29 is 9.13 Å². The minimum Gasteiger partial charge on any atom is -0.435 e. The Hall–Kier alpha value is -3.69. The number of hydrogen-bond donors (Lipinski definition) is 3. The molecule has 5 rings (SSSR count). The maximum Gasteiger partial charge on any atom is 0.280 e. The summed E-state index contributed by atoms with van der Waals surface area (Å²) in [7, 11) is 0. The summed E-state index contributed by atoms with van der Waals surface area (Å²) in [6.07, 6.45) is 3.39. The molecule has 162 valence electrons. The smallest absolute Gasteiger partial charge is 0.280 e. The molecule has 1 atom stereocenters. The highest BCUT2D eigenvalue weighted by Crippen LogP contribution is 2.39. The molecule has 10 heteroatoms. The summed E-state index contributed by atoms with van der Waals surface area (Å²) in [6, 6.07) is 11.9. The molecule has 2 aromatic carbocycles.